The van der Waals surface area contributed by atoms with Gasteiger partial charge in [0.05, 0.1) is 11.0 Å². The predicted octanol–water partition coefficient (Wildman–Crippen LogP) is 3.97. The molecule has 3 rings (SSSR count). The summed E-state index contributed by atoms with van der Waals surface area (Å²) in [6, 6.07) is 10.3. The Morgan fingerprint density at radius 1 is 1.05 bits per heavy atom. The predicted molar refractivity (Wildman–Crippen MR) is 68.1 cm³/mol. The number of hydrogen-bond donors (Lipinski definition) is 1. The first-order valence-corrected chi connectivity index (χ1v) is 5.82. The Hall–Kier alpha value is -2.50. The number of halogens is 3. The number of fused-ring (bicyclic) bond motifs is 1. The summed E-state index contributed by atoms with van der Waals surface area (Å²) in [5.41, 5.74) is 1.91. The second-order valence-electron chi connectivity index (χ2n) is 4.15. The number of aromatic nitrogens is 2. The quantitative estimate of drug-likeness (QED) is 0.787. The summed E-state index contributed by atoms with van der Waals surface area (Å²) >= 11 is 0. The summed E-state index contributed by atoms with van der Waals surface area (Å²) in [5, 5.41) is 0. The third kappa shape index (κ3) is 2.45. The topological polar surface area (TPSA) is 37.9 Å². The Balaban J connectivity index is 1.94. The number of benzene rings is 2. The lowest BCUT2D eigenvalue weighted by molar-refractivity contribution is -0.0498. The summed E-state index contributed by atoms with van der Waals surface area (Å²) in [5.74, 6) is 0.258. The largest absolute Gasteiger partial charge is 0.435 e. The van der Waals surface area contributed by atoms with E-state index in [1.54, 1.807) is 18.2 Å². The molecule has 1 N–H and O–H groups in total. The van der Waals surface area contributed by atoms with E-state index >= 15 is 0 Å². The molecule has 0 unspecified atom stereocenters. The van der Waals surface area contributed by atoms with Crippen LogP contribution in [0.1, 0.15) is 0 Å². The highest BCUT2D eigenvalue weighted by Crippen LogP contribution is 2.23. The van der Waals surface area contributed by atoms with Crippen molar-refractivity contribution in [2.45, 2.75) is 6.61 Å². The van der Waals surface area contributed by atoms with Crippen molar-refractivity contribution in [1.82, 2.24) is 9.97 Å². The van der Waals surface area contributed by atoms with Crippen LogP contribution in [0.25, 0.3) is 22.4 Å². The van der Waals surface area contributed by atoms with E-state index in [2.05, 4.69) is 14.7 Å². The summed E-state index contributed by atoms with van der Waals surface area (Å²) in [6.07, 6.45) is 0. The molecule has 0 aliphatic rings. The highest BCUT2D eigenvalue weighted by atomic mass is 19.3. The fourth-order valence-electron chi connectivity index (χ4n) is 1.91. The summed E-state index contributed by atoms with van der Waals surface area (Å²) in [4.78, 5) is 7.28. The molecule has 20 heavy (non-hydrogen) atoms. The SMILES string of the molecule is Fc1ccc2nc(-c3ccc(OC(F)F)cc3)[nH]c2c1. The molecule has 0 fully saturated rings. The van der Waals surface area contributed by atoms with Crippen LogP contribution in [-0.4, -0.2) is 16.6 Å². The molecule has 0 spiro atoms. The smallest absolute Gasteiger partial charge is 0.387 e. The standard InChI is InChI=1S/C14H9F3N2O/c15-9-3-6-11-12(7-9)19-13(18-11)8-1-4-10(5-2-8)20-14(16)17/h1-7,14H,(H,18,19). The normalized spacial score (nSPS) is 11.2. The van der Waals surface area contributed by atoms with Crippen LogP contribution in [0.15, 0.2) is 42.5 Å². The van der Waals surface area contributed by atoms with Crippen molar-refractivity contribution in [2.24, 2.45) is 0 Å². The maximum absolute atomic E-state index is 13.1. The molecule has 1 heterocycles. The van der Waals surface area contributed by atoms with Gasteiger partial charge in [0.2, 0.25) is 0 Å². The second kappa shape index (κ2) is 4.88. The molecule has 0 aliphatic carbocycles. The molecule has 0 bridgehead atoms. The van der Waals surface area contributed by atoms with Gasteiger partial charge in [0.25, 0.3) is 0 Å². The average molecular weight is 278 g/mol. The highest BCUT2D eigenvalue weighted by molar-refractivity contribution is 5.79. The third-order valence-corrected chi connectivity index (χ3v) is 2.80. The first-order chi connectivity index (χ1) is 9.61. The molecule has 0 atom stereocenters. The number of rotatable bonds is 3. The Morgan fingerprint density at radius 3 is 2.50 bits per heavy atom. The van der Waals surface area contributed by atoms with Crippen LogP contribution in [0, 0.1) is 5.82 Å². The Labute approximate surface area is 112 Å². The van der Waals surface area contributed by atoms with Crippen molar-refractivity contribution >= 4 is 11.0 Å². The number of aromatic amines is 1. The van der Waals surface area contributed by atoms with Crippen LogP contribution in [0.3, 0.4) is 0 Å². The van der Waals surface area contributed by atoms with Gasteiger partial charge in [-0.2, -0.15) is 8.78 Å². The Kier molecular flexibility index (Phi) is 3.06. The fraction of sp³-hybridized carbons (Fsp3) is 0.0714. The molecule has 6 heteroatoms. The van der Waals surface area contributed by atoms with Crippen molar-refractivity contribution < 1.29 is 17.9 Å². The molecular formula is C14H9F3N2O. The summed E-state index contributed by atoms with van der Waals surface area (Å²) in [7, 11) is 0. The van der Waals surface area contributed by atoms with E-state index in [1.165, 1.54) is 24.3 Å². The maximum Gasteiger partial charge on any atom is 0.387 e. The van der Waals surface area contributed by atoms with E-state index < -0.39 is 6.61 Å². The number of nitrogens with one attached hydrogen (secondary N) is 1. The van der Waals surface area contributed by atoms with Crippen LogP contribution in [-0.2, 0) is 0 Å². The summed E-state index contributed by atoms with van der Waals surface area (Å²) in [6.45, 7) is -2.85. The lowest BCUT2D eigenvalue weighted by atomic mass is 10.2. The molecule has 0 saturated heterocycles. The van der Waals surface area contributed by atoms with E-state index in [9.17, 15) is 13.2 Å². The number of H-pyrrole nitrogens is 1. The number of hydrogen-bond acceptors (Lipinski definition) is 2. The zero-order valence-electron chi connectivity index (χ0n) is 10.1. The second-order valence-corrected chi connectivity index (χ2v) is 4.15. The first-order valence-electron chi connectivity index (χ1n) is 5.82. The van der Waals surface area contributed by atoms with E-state index in [-0.39, 0.29) is 11.6 Å². The zero-order chi connectivity index (χ0) is 14.1. The maximum atomic E-state index is 13.1. The Bertz CT molecular complexity index is 738. The lowest BCUT2D eigenvalue weighted by Crippen LogP contribution is -2.01. The lowest BCUT2D eigenvalue weighted by Gasteiger charge is -2.04. The third-order valence-electron chi connectivity index (χ3n) is 2.80. The van der Waals surface area contributed by atoms with E-state index in [4.69, 9.17) is 0 Å². The average Bonchev–Trinajstić information content (AvgIpc) is 2.81. The molecule has 0 saturated carbocycles. The Morgan fingerprint density at radius 2 is 1.80 bits per heavy atom. The van der Waals surface area contributed by atoms with Crippen molar-refractivity contribution in [3.63, 3.8) is 0 Å². The molecule has 2 aromatic carbocycles. The van der Waals surface area contributed by atoms with Crippen molar-refractivity contribution in [1.29, 1.82) is 0 Å². The van der Waals surface area contributed by atoms with Gasteiger partial charge in [-0.05, 0) is 42.5 Å². The van der Waals surface area contributed by atoms with E-state index in [0.29, 0.717) is 22.4 Å². The molecule has 3 aromatic rings. The van der Waals surface area contributed by atoms with Crippen molar-refractivity contribution in [3.8, 4) is 17.1 Å². The number of ether oxygens (including phenoxy) is 1. The number of alkyl halides is 2. The minimum absolute atomic E-state index is 0.0749. The van der Waals surface area contributed by atoms with Gasteiger partial charge in [-0.3, -0.25) is 0 Å². The highest BCUT2D eigenvalue weighted by Gasteiger charge is 2.08. The minimum Gasteiger partial charge on any atom is -0.435 e. The van der Waals surface area contributed by atoms with Gasteiger partial charge < -0.3 is 9.72 Å². The number of imidazole rings is 1. The van der Waals surface area contributed by atoms with Gasteiger partial charge in [0.15, 0.2) is 0 Å². The van der Waals surface area contributed by atoms with Crippen molar-refractivity contribution in [2.75, 3.05) is 0 Å². The van der Waals surface area contributed by atoms with Crippen LogP contribution in [0.4, 0.5) is 13.2 Å². The fourth-order valence-corrected chi connectivity index (χ4v) is 1.91. The van der Waals surface area contributed by atoms with E-state index in [1.807, 2.05) is 0 Å². The van der Waals surface area contributed by atoms with Crippen molar-refractivity contribution in [3.05, 3.63) is 48.3 Å². The molecule has 1 aromatic heterocycles. The molecule has 3 nitrogen and oxygen atoms in total. The van der Waals surface area contributed by atoms with Crippen LogP contribution < -0.4 is 4.74 Å². The van der Waals surface area contributed by atoms with Gasteiger partial charge in [-0.15, -0.1) is 0 Å². The molecular weight excluding hydrogens is 269 g/mol. The van der Waals surface area contributed by atoms with Gasteiger partial charge in [-0.1, -0.05) is 0 Å². The minimum atomic E-state index is -2.85. The van der Waals surface area contributed by atoms with Crippen LogP contribution in [0.2, 0.25) is 0 Å². The van der Waals surface area contributed by atoms with Gasteiger partial charge in [0, 0.05) is 5.56 Å². The summed E-state index contributed by atoms with van der Waals surface area (Å²) < 4.78 is 41.4. The van der Waals surface area contributed by atoms with Gasteiger partial charge in [0.1, 0.15) is 17.4 Å². The monoisotopic (exact) mass is 278 g/mol. The van der Waals surface area contributed by atoms with Crippen LogP contribution >= 0.6 is 0 Å². The van der Waals surface area contributed by atoms with Crippen LogP contribution in [0.5, 0.6) is 5.75 Å². The first kappa shape index (κ1) is 12.5. The zero-order valence-corrected chi connectivity index (χ0v) is 10.1. The molecule has 0 radical (unpaired) electrons. The van der Waals surface area contributed by atoms with Gasteiger partial charge in [-0.25, -0.2) is 9.37 Å². The molecule has 102 valence electrons. The van der Waals surface area contributed by atoms with Gasteiger partial charge >= 0.3 is 6.61 Å². The molecule has 0 amide bonds. The number of nitrogens with zero attached hydrogens (tertiary/aromatic N) is 1. The van der Waals surface area contributed by atoms with E-state index in [0.717, 1.165) is 0 Å². The molecule has 0 aliphatic heterocycles.